The van der Waals surface area contributed by atoms with Crippen LogP contribution in [0.1, 0.15) is 37.3 Å². The van der Waals surface area contributed by atoms with Gasteiger partial charge < -0.3 is 9.52 Å². The Hall–Kier alpha value is -2.52. The molecule has 1 heterocycles. The van der Waals surface area contributed by atoms with E-state index in [-0.39, 0.29) is 29.6 Å². The van der Waals surface area contributed by atoms with E-state index < -0.39 is 29.4 Å². The highest BCUT2D eigenvalue weighted by atomic mass is 19.4. The summed E-state index contributed by atoms with van der Waals surface area (Å²) >= 11 is 0. The molecule has 1 aromatic heterocycles. The summed E-state index contributed by atoms with van der Waals surface area (Å²) in [6, 6.07) is 1.31. The van der Waals surface area contributed by atoms with E-state index in [1.807, 2.05) is 0 Å². The normalized spacial score (nSPS) is 11.7. The van der Waals surface area contributed by atoms with Gasteiger partial charge in [-0.3, -0.25) is 4.79 Å². The van der Waals surface area contributed by atoms with Crippen LogP contribution in [0.2, 0.25) is 0 Å². The number of carboxylic acid groups (broad SMARTS) is 1. The Labute approximate surface area is 144 Å². The van der Waals surface area contributed by atoms with Gasteiger partial charge in [0.05, 0.1) is 11.1 Å². The van der Waals surface area contributed by atoms with Crippen LogP contribution in [0.15, 0.2) is 28.9 Å². The number of nitrogens with zero attached hydrogens (tertiary/aromatic N) is 1. The summed E-state index contributed by atoms with van der Waals surface area (Å²) in [6.45, 7) is 3.30. The number of aromatic nitrogens is 1. The Bertz CT molecular complexity index is 717. The number of aryl methyl sites for hydroxylation is 1. The molecule has 0 aliphatic heterocycles. The summed E-state index contributed by atoms with van der Waals surface area (Å²) in [7, 11) is 0. The number of carboxylic acids is 1. The van der Waals surface area contributed by atoms with Crippen molar-refractivity contribution >= 4 is 5.97 Å². The minimum Gasteiger partial charge on any atom is -0.481 e. The molecule has 4 nitrogen and oxygen atoms in total. The van der Waals surface area contributed by atoms with E-state index in [4.69, 9.17) is 9.52 Å². The SMILES string of the molecule is CCC(=O)O.CCc1nc(-c2cc(C(F)(F)F)cc(C(F)(F)F)c2)co1. The van der Waals surface area contributed by atoms with E-state index in [1.54, 1.807) is 13.8 Å². The number of aliphatic carboxylic acids is 1. The molecule has 1 N–H and O–H groups in total. The zero-order valence-electron chi connectivity index (χ0n) is 13.7. The van der Waals surface area contributed by atoms with Crippen molar-refractivity contribution in [3.63, 3.8) is 0 Å². The number of hydrogen-bond donors (Lipinski definition) is 1. The number of carbonyl (C=O) groups is 1. The van der Waals surface area contributed by atoms with E-state index in [0.717, 1.165) is 6.26 Å². The molecular weight excluding hydrogens is 368 g/mol. The molecule has 0 aliphatic carbocycles. The van der Waals surface area contributed by atoms with Crippen molar-refractivity contribution in [2.24, 2.45) is 0 Å². The molecule has 0 unspecified atom stereocenters. The van der Waals surface area contributed by atoms with Gasteiger partial charge >= 0.3 is 18.3 Å². The second-order valence-corrected chi connectivity index (χ2v) is 5.02. The molecule has 2 aromatic rings. The second-order valence-electron chi connectivity index (χ2n) is 5.02. The van der Waals surface area contributed by atoms with Gasteiger partial charge in [0.1, 0.15) is 12.0 Å². The zero-order chi connectivity index (χ0) is 20.1. The van der Waals surface area contributed by atoms with E-state index in [0.29, 0.717) is 18.6 Å². The van der Waals surface area contributed by atoms with Gasteiger partial charge in [0.25, 0.3) is 0 Å². The molecule has 144 valence electrons. The molecule has 1 aromatic carbocycles. The first kappa shape index (κ1) is 21.5. The van der Waals surface area contributed by atoms with Crippen molar-refractivity contribution in [3.8, 4) is 11.3 Å². The highest BCUT2D eigenvalue weighted by molar-refractivity contribution is 5.66. The zero-order valence-corrected chi connectivity index (χ0v) is 13.7. The van der Waals surface area contributed by atoms with Crippen LogP contribution in [-0.2, 0) is 23.6 Å². The maximum Gasteiger partial charge on any atom is 0.416 e. The number of rotatable bonds is 3. The van der Waals surface area contributed by atoms with Crippen molar-refractivity contribution < 1.29 is 40.7 Å². The van der Waals surface area contributed by atoms with Gasteiger partial charge in [-0.05, 0) is 18.2 Å². The fraction of sp³-hybridized carbons (Fsp3) is 0.375. The maximum atomic E-state index is 12.7. The van der Waals surface area contributed by atoms with Crippen LogP contribution in [0.3, 0.4) is 0 Å². The van der Waals surface area contributed by atoms with Crippen LogP contribution in [0.4, 0.5) is 26.3 Å². The number of benzene rings is 1. The molecule has 0 atom stereocenters. The third kappa shape index (κ3) is 6.08. The molecule has 26 heavy (non-hydrogen) atoms. The molecule has 0 radical (unpaired) electrons. The first-order valence-corrected chi connectivity index (χ1v) is 7.34. The smallest absolute Gasteiger partial charge is 0.416 e. The standard InChI is InChI=1S/C13H9F6NO.C3H6O2/c1-2-11-20-10(6-21-11)7-3-8(12(14,15)16)5-9(4-7)13(17,18)19;1-2-3(4)5/h3-6H,2H2,1H3;2H2,1H3,(H,4,5). The Morgan fingerprint density at radius 1 is 1.04 bits per heavy atom. The summed E-state index contributed by atoms with van der Waals surface area (Å²) < 4.78 is 81.2. The summed E-state index contributed by atoms with van der Waals surface area (Å²) in [6.07, 6.45) is -8.12. The van der Waals surface area contributed by atoms with Crippen LogP contribution < -0.4 is 0 Å². The Balaban J connectivity index is 0.000000597. The molecule has 0 saturated carbocycles. The van der Waals surface area contributed by atoms with Gasteiger partial charge in [-0.2, -0.15) is 26.3 Å². The Morgan fingerprint density at radius 3 is 1.81 bits per heavy atom. The van der Waals surface area contributed by atoms with Gasteiger partial charge in [-0.15, -0.1) is 0 Å². The minimum atomic E-state index is -4.88. The van der Waals surface area contributed by atoms with Crippen LogP contribution in [0.25, 0.3) is 11.3 Å². The van der Waals surface area contributed by atoms with Gasteiger partial charge in [0, 0.05) is 18.4 Å². The molecular formula is C16H15F6NO3. The van der Waals surface area contributed by atoms with Crippen LogP contribution in [0, 0.1) is 0 Å². The average molecular weight is 383 g/mol. The van der Waals surface area contributed by atoms with E-state index in [2.05, 4.69) is 4.98 Å². The predicted octanol–water partition coefficient (Wildman–Crippen LogP) is 5.42. The molecule has 0 saturated heterocycles. The summed E-state index contributed by atoms with van der Waals surface area (Å²) in [5.74, 6) is -0.513. The lowest BCUT2D eigenvalue weighted by molar-refractivity contribution is -0.143. The third-order valence-electron chi connectivity index (χ3n) is 3.04. The van der Waals surface area contributed by atoms with Crippen LogP contribution in [-0.4, -0.2) is 16.1 Å². The van der Waals surface area contributed by atoms with Gasteiger partial charge in [0.15, 0.2) is 5.89 Å². The van der Waals surface area contributed by atoms with Crippen molar-refractivity contribution in [2.75, 3.05) is 0 Å². The molecule has 0 fully saturated rings. The lowest BCUT2D eigenvalue weighted by Crippen LogP contribution is -2.11. The minimum absolute atomic E-state index is 0.0662. The lowest BCUT2D eigenvalue weighted by atomic mass is 10.0. The number of oxazole rings is 1. The summed E-state index contributed by atoms with van der Waals surface area (Å²) in [4.78, 5) is 13.2. The Kier molecular flexibility index (Phi) is 6.82. The fourth-order valence-electron chi connectivity index (χ4n) is 1.71. The van der Waals surface area contributed by atoms with E-state index >= 15 is 0 Å². The molecule has 0 amide bonds. The Morgan fingerprint density at radius 2 is 1.50 bits per heavy atom. The highest BCUT2D eigenvalue weighted by Gasteiger charge is 2.37. The largest absolute Gasteiger partial charge is 0.481 e. The maximum absolute atomic E-state index is 12.7. The first-order valence-electron chi connectivity index (χ1n) is 7.34. The van der Waals surface area contributed by atoms with Gasteiger partial charge in [-0.25, -0.2) is 4.98 Å². The van der Waals surface area contributed by atoms with Crippen molar-refractivity contribution in [2.45, 2.75) is 39.0 Å². The summed E-state index contributed by atoms with van der Waals surface area (Å²) in [5.41, 5.74) is -3.12. The van der Waals surface area contributed by atoms with Crippen LogP contribution in [0.5, 0.6) is 0 Å². The first-order chi connectivity index (χ1) is 11.9. The summed E-state index contributed by atoms with van der Waals surface area (Å²) in [5, 5.41) is 7.72. The van der Waals surface area contributed by atoms with E-state index in [1.165, 1.54) is 0 Å². The van der Waals surface area contributed by atoms with Gasteiger partial charge in [-0.1, -0.05) is 13.8 Å². The molecule has 2 rings (SSSR count). The predicted molar refractivity (Wildman–Crippen MR) is 79.2 cm³/mol. The molecule has 10 heteroatoms. The second kappa shape index (κ2) is 8.24. The fourth-order valence-corrected chi connectivity index (χ4v) is 1.71. The van der Waals surface area contributed by atoms with Crippen molar-refractivity contribution in [1.29, 1.82) is 0 Å². The van der Waals surface area contributed by atoms with Crippen LogP contribution >= 0.6 is 0 Å². The number of halogens is 6. The topological polar surface area (TPSA) is 63.3 Å². The van der Waals surface area contributed by atoms with Crippen molar-refractivity contribution in [1.82, 2.24) is 4.98 Å². The molecule has 0 spiro atoms. The highest BCUT2D eigenvalue weighted by Crippen LogP contribution is 2.38. The quantitative estimate of drug-likeness (QED) is 0.719. The molecule has 0 bridgehead atoms. The van der Waals surface area contributed by atoms with Gasteiger partial charge in [0.2, 0.25) is 0 Å². The monoisotopic (exact) mass is 383 g/mol. The average Bonchev–Trinajstić information content (AvgIpc) is 3.02. The van der Waals surface area contributed by atoms with E-state index in [9.17, 15) is 31.1 Å². The molecule has 0 aliphatic rings. The number of hydrogen-bond acceptors (Lipinski definition) is 3. The third-order valence-corrected chi connectivity index (χ3v) is 3.04. The number of alkyl halides is 6. The lowest BCUT2D eigenvalue weighted by Gasteiger charge is -2.13. The van der Waals surface area contributed by atoms with Crippen molar-refractivity contribution in [3.05, 3.63) is 41.5 Å².